The van der Waals surface area contributed by atoms with Gasteiger partial charge in [0.1, 0.15) is 5.82 Å². The van der Waals surface area contributed by atoms with E-state index < -0.39 is 0 Å². The molecule has 0 saturated carbocycles. The number of hydrogen-bond donors (Lipinski definition) is 1. The Hall–Kier alpha value is -1.03. The van der Waals surface area contributed by atoms with Crippen LogP contribution >= 0.6 is 23.4 Å². The van der Waals surface area contributed by atoms with Gasteiger partial charge in [-0.05, 0) is 41.9 Å². The van der Waals surface area contributed by atoms with E-state index in [0.717, 1.165) is 33.3 Å². The van der Waals surface area contributed by atoms with E-state index in [1.807, 2.05) is 37.3 Å². The van der Waals surface area contributed by atoms with Crippen LogP contribution in [0, 0.1) is 5.82 Å². The molecule has 0 aromatic heterocycles. The Kier molecular flexibility index (Phi) is 5.89. The molecule has 2 aromatic rings. The number of benzene rings is 2. The van der Waals surface area contributed by atoms with Crippen LogP contribution in [0.3, 0.4) is 0 Å². The number of rotatable bonds is 6. The van der Waals surface area contributed by atoms with Crippen molar-refractivity contribution >= 4 is 23.4 Å². The summed E-state index contributed by atoms with van der Waals surface area (Å²) in [6.45, 7) is 3.60. The first-order chi connectivity index (χ1) is 9.69. The molecule has 0 atom stereocenters. The third-order valence-corrected chi connectivity index (χ3v) is 4.26. The standard InChI is InChI=1S/C16H17ClFNS/c1-2-19-10-12-7-14(18)9-15(8-12)20-11-13-5-3-4-6-16(13)17/h3-9,19H,2,10-11H2,1H3. The fraction of sp³-hybridized carbons (Fsp3) is 0.250. The monoisotopic (exact) mass is 309 g/mol. The lowest BCUT2D eigenvalue weighted by molar-refractivity contribution is 0.617. The molecule has 0 heterocycles. The van der Waals surface area contributed by atoms with Gasteiger partial charge in [-0.3, -0.25) is 0 Å². The van der Waals surface area contributed by atoms with Gasteiger partial charge in [0, 0.05) is 22.2 Å². The van der Waals surface area contributed by atoms with E-state index in [9.17, 15) is 4.39 Å². The van der Waals surface area contributed by atoms with Gasteiger partial charge in [0.25, 0.3) is 0 Å². The van der Waals surface area contributed by atoms with Gasteiger partial charge in [-0.1, -0.05) is 36.7 Å². The van der Waals surface area contributed by atoms with Crippen LogP contribution in [0.4, 0.5) is 4.39 Å². The Morgan fingerprint density at radius 1 is 1.20 bits per heavy atom. The maximum Gasteiger partial charge on any atom is 0.124 e. The maximum atomic E-state index is 13.6. The lowest BCUT2D eigenvalue weighted by Gasteiger charge is -2.07. The third-order valence-electron chi connectivity index (χ3n) is 2.86. The van der Waals surface area contributed by atoms with Gasteiger partial charge in [-0.2, -0.15) is 0 Å². The molecule has 0 bridgehead atoms. The summed E-state index contributed by atoms with van der Waals surface area (Å²) in [7, 11) is 0. The van der Waals surface area contributed by atoms with Crippen LogP contribution in [-0.4, -0.2) is 6.54 Å². The second-order valence-corrected chi connectivity index (χ2v) is 5.91. The predicted octanol–water partition coefficient (Wildman–Crippen LogP) is 4.88. The Morgan fingerprint density at radius 3 is 2.75 bits per heavy atom. The van der Waals surface area contributed by atoms with Gasteiger partial charge in [0.05, 0.1) is 0 Å². The summed E-state index contributed by atoms with van der Waals surface area (Å²) in [5.74, 6) is 0.547. The summed E-state index contributed by atoms with van der Waals surface area (Å²) in [5, 5.41) is 3.96. The molecule has 20 heavy (non-hydrogen) atoms. The van der Waals surface area contributed by atoms with Crippen LogP contribution in [0.25, 0.3) is 0 Å². The summed E-state index contributed by atoms with van der Waals surface area (Å²) in [6.07, 6.45) is 0. The molecular weight excluding hydrogens is 293 g/mol. The van der Waals surface area contributed by atoms with E-state index in [1.165, 1.54) is 0 Å². The SMILES string of the molecule is CCNCc1cc(F)cc(SCc2ccccc2Cl)c1. The Morgan fingerprint density at radius 2 is 2.00 bits per heavy atom. The molecule has 4 heteroatoms. The van der Waals surface area contributed by atoms with Gasteiger partial charge < -0.3 is 5.32 Å². The molecule has 2 aromatic carbocycles. The highest BCUT2D eigenvalue weighted by atomic mass is 35.5. The van der Waals surface area contributed by atoms with Gasteiger partial charge in [0.15, 0.2) is 0 Å². The van der Waals surface area contributed by atoms with Crippen LogP contribution in [0.1, 0.15) is 18.1 Å². The average Bonchev–Trinajstić information content (AvgIpc) is 2.44. The van der Waals surface area contributed by atoms with E-state index in [1.54, 1.807) is 23.9 Å². The van der Waals surface area contributed by atoms with E-state index >= 15 is 0 Å². The third kappa shape index (κ3) is 4.51. The highest BCUT2D eigenvalue weighted by Crippen LogP contribution is 2.27. The van der Waals surface area contributed by atoms with Gasteiger partial charge in [0.2, 0.25) is 0 Å². The van der Waals surface area contributed by atoms with Crippen molar-refractivity contribution in [1.29, 1.82) is 0 Å². The van der Waals surface area contributed by atoms with Crippen LogP contribution < -0.4 is 5.32 Å². The summed E-state index contributed by atoms with van der Waals surface area (Å²) < 4.78 is 13.6. The quantitative estimate of drug-likeness (QED) is 0.763. The van der Waals surface area contributed by atoms with Gasteiger partial charge >= 0.3 is 0 Å². The van der Waals surface area contributed by atoms with Crippen LogP contribution in [0.15, 0.2) is 47.4 Å². The molecule has 0 aliphatic carbocycles. The second kappa shape index (κ2) is 7.67. The lowest BCUT2D eigenvalue weighted by atomic mass is 10.2. The maximum absolute atomic E-state index is 13.6. The zero-order valence-corrected chi connectivity index (χ0v) is 12.9. The Bertz CT molecular complexity index is 574. The fourth-order valence-electron chi connectivity index (χ4n) is 1.85. The highest BCUT2D eigenvalue weighted by molar-refractivity contribution is 7.98. The smallest absolute Gasteiger partial charge is 0.124 e. The molecule has 0 aliphatic heterocycles. The summed E-state index contributed by atoms with van der Waals surface area (Å²) >= 11 is 7.72. The molecule has 0 aliphatic rings. The molecule has 0 saturated heterocycles. The minimum Gasteiger partial charge on any atom is -0.313 e. The van der Waals surface area contributed by atoms with Crippen molar-refractivity contribution < 1.29 is 4.39 Å². The van der Waals surface area contributed by atoms with E-state index in [4.69, 9.17) is 11.6 Å². The molecule has 106 valence electrons. The first kappa shape index (κ1) is 15.4. The highest BCUT2D eigenvalue weighted by Gasteiger charge is 2.04. The molecular formula is C16H17ClFNS. The van der Waals surface area contributed by atoms with Crippen LogP contribution in [-0.2, 0) is 12.3 Å². The Labute approximate surface area is 128 Å². The summed E-state index contributed by atoms with van der Waals surface area (Å²) in [4.78, 5) is 0.929. The zero-order valence-electron chi connectivity index (χ0n) is 11.3. The molecule has 1 nitrogen and oxygen atoms in total. The first-order valence-corrected chi connectivity index (χ1v) is 7.92. The number of halogens is 2. The summed E-state index contributed by atoms with van der Waals surface area (Å²) in [6, 6.07) is 12.9. The van der Waals surface area contributed by atoms with E-state index in [2.05, 4.69) is 5.32 Å². The summed E-state index contributed by atoms with van der Waals surface area (Å²) in [5.41, 5.74) is 2.03. The average molecular weight is 310 g/mol. The van der Waals surface area contributed by atoms with Crippen molar-refractivity contribution in [3.8, 4) is 0 Å². The zero-order chi connectivity index (χ0) is 14.4. The van der Waals surface area contributed by atoms with Crippen molar-refractivity contribution in [2.24, 2.45) is 0 Å². The molecule has 0 spiro atoms. The largest absolute Gasteiger partial charge is 0.313 e. The van der Waals surface area contributed by atoms with Gasteiger partial charge in [-0.25, -0.2) is 4.39 Å². The lowest BCUT2D eigenvalue weighted by Crippen LogP contribution is -2.11. The second-order valence-electron chi connectivity index (χ2n) is 4.46. The minimum atomic E-state index is -0.193. The van der Waals surface area contributed by atoms with E-state index in [-0.39, 0.29) is 5.82 Å². The van der Waals surface area contributed by atoms with Crippen LogP contribution in [0.2, 0.25) is 5.02 Å². The normalized spacial score (nSPS) is 10.8. The van der Waals surface area contributed by atoms with E-state index in [0.29, 0.717) is 6.54 Å². The first-order valence-electron chi connectivity index (χ1n) is 6.55. The molecule has 1 N–H and O–H groups in total. The van der Waals surface area contributed by atoms with Crippen molar-refractivity contribution in [3.63, 3.8) is 0 Å². The fourth-order valence-corrected chi connectivity index (χ4v) is 3.14. The topological polar surface area (TPSA) is 12.0 Å². The molecule has 0 radical (unpaired) electrons. The van der Waals surface area contributed by atoms with Crippen LogP contribution in [0.5, 0.6) is 0 Å². The molecule has 0 fully saturated rings. The Balaban J connectivity index is 2.05. The van der Waals surface area contributed by atoms with Crippen molar-refractivity contribution in [1.82, 2.24) is 5.32 Å². The molecule has 0 amide bonds. The minimum absolute atomic E-state index is 0.193. The molecule has 2 rings (SSSR count). The predicted molar refractivity (Wildman–Crippen MR) is 84.8 cm³/mol. The van der Waals surface area contributed by atoms with Crippen molar-refractivity contribution in [3.05, 3.63) is 64.4 Å². The van der Waals surface area contributed by atoms with Gasteiger partial charge in [-0.15, -0.1) is 11.8 Å². The van der Waals surface area contributed by atoms with Crippen molar-refractivity contribution in [2.75, 3.05) is 6.54 Å². The molecule has 0 unspecified atom stereocenters. The number of hydrogen-bond acceptors (Lipinski definition) is 2. The number of thioether (sulfide) groups is 1. The van der Waals surface area contributed by atoms with Crippen molar-refractivity contribution in [2.45, 2.75) is 24.1 Å². The number of nitrogens with one attached hydrogen (secondary N) is 1.